The van der Waals surface area contributed by atoms with E-state index in [1.54, 1.807) is 12.1 Å². The van der Waals surface area contributed by atoms with Crippen molar-refractivity contribution in [3.8, 4) is 5.75 Å². The van der Waals surface area contributed by atoms with Gasteiger partial charge in [0.1, 0.15) is 11.4 Å². The largest absolute Gasteiger partial charge is 0.494 e. The fraction of sp³-hybridized carbons (Fsp3) is 0.125. The summed E-state index contributed by atoms with van der Waals surface area (Å²) in [5.41, 5.74) is 12.7. The second kappa shape index (κ2) is 3.13. The molecule has 0 aliphatic rings. The Hall–Kier alpha value is -1.71. The highest BCUT2D eigenvalue weighted by atomic mass is 16.5. The van der Waals surface area contributed by atoms with Crippen molar-refractivity contribution in [2.45, 2.75) is 0 Å². The van der Waals surface area contributed by atoms with E-state index >= 15 is 0 Å². The Morgan fingerprint density at radius 2 is 2.25 bits per heavy atom. The Morgan fingerprint density at radius 3 is 2.75 bits per heavy atom. The lowest BCUT2D eigenvalue weighted by atomic mass is 10.1. The topological polar surface area (TPSA) is 76.1 Å². The monoisotopic (exact) mass is 165 g/mol. The molecule has 0 aliphatic carbocycles. The molecule has 0 aromatic heterocycles. The number of hydrogen-bond donors (Lipinski definition) is 1. The van der Waals surface area contributed by atoms with Gasteiger partial charge in [0.15, 0.2) is 0 Å². The Labute approximate surface area is 70.1 Å². The molecule has 1 amide bonds. The smallest absolute Gasteiger partial charge is 0.251 e. The summed E-state index contributed by atoms with van der Waals surface area (Å²) in [6, 6.07) is 4.72. The number of methoxy groups -OCH3 is 1. The lowest BCUT2D eigenvalue weighted by molar-refractivity contribution is 0.100. The van der Waals surface area contributed by atoms with Crippen LogP contribution < -0.4 is 16.2 Å². The fourth-order valence-corrected chi connectivity index (χ4v) is 0.907. The molecule has 0 atom stereocenters. The lowest BCUT2D eigenvalue weighted by Gasteiger charge is -2.05. The highest BCUT2D eigenvalue weighted by molar-refractivity contribution is 5.98. The Morgan fingerprint density at radius 1 is 1.58 bits per heavy atom. The van der Waals surface area contributed by atoms with E-state index < -0.39 is 5.91 Å². The molecular formula is C8H9N2O2. The zero-order valence-corrected chi connectivity index (χ0v) is 6.63. The summed E-state index contributed by atoms with van der Waals surface area (Å²) in [5.74, 6) is -0.259. The average molecular weight is 165 g/mol. The van der Waals surface area contributed by atoms with E-state index in [1.807, 2.05) is 0 Å². The summed E-state index contributed by atoms with van der Waals surface area (Å²) in [7, 11) is 1.44. The van der Waals surface area contributed by atoms with Crippen molar-refractivity contribution >= 4 is 11.6 Å². The third-order valence-electron chi connectivity index (χ3n) is 1.51. The predicted molar refractivity (Wildman–Crippen MR) is 44.3 cm³/mol. The molecule has 0 fully saturated rings. The number of nitrogens with one attached hydrogen (secondary N) is 1. The van der Waals surface area contributed by atoms with Gasteiger partial charge in [-0.05, 0) is 12.1 Å². The molecule has 4 heteroatoms. The van der Waals surface area contributed by atoms with Crippen LogP contribution in [0.1, 0.15) is 10.4 Å². The summed E-state index contributed by atoms with van der Waals surface area (Å²) in [5, 5.41) is 0. The average Bonchev–Trinajstić information content (AvgIpc) is 2.04. The third kappa shape index (κ3) is 1.32. The van der Waals surface area contributed by atoms with Crippen molar-refractivity contribution in [3.63, 3.8) is 0 Å². The van der Waals surface area contributed by atoms with Gasteiger partial charge in [0.05, 0.1) is 12.7 Å². The molecule has 1 radical (unpaired) electrons. The molecule has 63 valence electrons. The van der Waals surface area contributed by atoms with Gasteiger partial charge in [-0.25, -0.2) is 0 Å². The molecule has 1 aromatic rings. The molecule has 0 spiro atoms. The number of hydrogen-bond acceptors (Lipinski definition) is 2. The first-order chi connectivity index (χ1) is 5.66. The van der Waals surface area contributed by atoms with E-state index in [2.05, 4.69) is 0 Å². The standard InChI is InChI=1S/C8H9N2O2/c1-12-6-4-2-3-5(7(6)9)8(10)11/h2-4,9H,1H3,(H2,10,11). The van der Waals surface area contributed by atoms with Crippen LogP contribution in [-0.4, -0.2) is 13.0 Å². The van der Waals surface area contributed by atoms with Gasteiger partial charge in [-0.3, -0.25) is 10.5 Å². The van der Waals surface area contributed by atoms with Crippen LogP contribution in [0.5, 0.6) is 5.75 Å². The zero-order chi connectivity index (χ0) is 9.14. The molecule has 0 saturated carbocycles. The molecule has 1 aromatic carbocycles. The van der Waals surface area contributed by atoms with E-state index in [0.717, 1.165) is 0 Å². The van der Waals surface area contributed by atoms with Gasteiger partial charge < -0.3 is 10.5 Å². The minimum atomic E-state index is -0.612. The SMILES string of the molecule is COc1cccc(C(N)=O)c1[NH]. The first-order valence-corrected chi connectivity index (χ1v) is 3.35. The van der Waals surface area contributed by atoms with Crippen LogP contribution in [0.25, 0.3) is 0 Å². The van der Waals surface area contributed by atoms with Gasteiger partial charge in [-0.2, -0.15) is 0 Å². The second-order valence-corrected chi connectivity index (χ2v) is 2.25. The molecule has 0 bridgehead atoms. The van der Waals surface area contributed by atoms with E-state index in [1.165, 1.54) is 13.2 Å². The maximum atomic E-state index is 10.7. The second-order valence-electron chi connectivity index (χ2n) is 2.25. The lowest BCUT2D eigenvalue weighted by Crippen LogP contribution is -2.11. The van der Waals surface area contributed by atoms with Crippen LogP contribution in [0.3, 0.4) is 0 Å². The van der Waals surface area contributed by atoms with E-state index in [9.17, 15) is 4.79 Å². The summed E-state index contributed by atoms with van der Waals surface area (Å²) >= 11 is 0. The number of nitrogens with two attached hydrogens (primary N) is 1. The fourth-order valence-electron chi connectivity index (χ4n) is 0.907. The predicted octanol–water partition coefficient (Wildman–Crippen LogP) is 0.708. The van der Waals surface area contributed by atoms with Crippen molar-refractivity contribution in [1.29, 1.82) is 0 Å². The Balaban J connectivity index is 3.23. The number of primary amides is 1. The van der Waals surface area contributed by atoms with Crippen molar-refractivity contribution in [3.05, 3.63) is 23.8 Å². The number of ether oxygens (including phenoxy) is 1. The van der Waals surface area contributed by atoms with Crippen molar-refractivity contribution < 1.29 is 9.53 Å². The van der Waals surface area contributed by atoms with Crippen LogP contribution in [0.2, 0.25) is 0 Å². The van der Waals surface area contributed by atoms with Gasteiger partial charge in [-0.1, -0.05) is 6.07 Å². The van der Waals surface area contributed by atoms with Crippen LogP contribution >= 0.6 is 0 Å². The molecule has 1 rings (SSSR count). The van der Waals surface area contributed by atoms with Crippen molar-refractivity contribution in [2.24, 2.45) is 5.73 Å². The Bertz CT molecular complexity index is 310. The Kier molecular flexibility index (Phi) is 2.19. The molecule has 0 heterocycles. The summed E-state index contributed by atoms with van der Waals surface area (Å²) in [4.78, 5) is 10.7. The van der Waals surface area contributed by atoms with E-state index in [-0.39, 0.29) is 11.3 Å². The zero-order valence-electron chi connectivity index (χ0n) is 6.63. The quantitative estimate of drug-likeness (QED) is 0.700. The summed E-state index contributed by atoms with van der Waals surface area (Å²) in [6.45, 7) is 0. The molecule has 3 N–H and O–H groups in total. The highest BCUT2D eigenvalue weighted by Gasteiger charge is 2.09. The van der Waals surface area contributed by atoms with Gasteiger partial charge in [0.2, 0.25) is 0 Å². The minimum Gasteiger partial charge on any atom is -0.494 e. The van der Waals surface area contributed by atoms with E-state index in [0.29, 0.717) is 5.75 Å². The van der Waals surface area contributed by atoms with Crippen LogP contribution in [-0.2, 0) is 0 Å². The normalized spacial score (nSPS) is 9.42. The number of amides is 1. The van der Waals surface area contributed by atoms with Crippen LogP contribution in [0.4, 0.5) is 5.69 Å². The highest BCUT2D eigenvalue weighted by Crippen LogP contribution is 2.25. The summed E-state index contributed by atoms with van der Waals surface area (Å²) < 4.78 is 4.84. The number of carbonyl (C=O) groups is 1. The van der Waals surface area contributed by atoms with Crippen LogP contribution in [0.15, 0.2) is 18.2 Å². The summed E-state index contributed by atoms with van der Waals surface area (Å²) in [6.07, 6.45) is 0. The number of rotatable bonds is 2. The molecule has 0 unspecified atom stereocenters. The van der Waals surface area contributed by atoms with Gasteiger partial charge in [-0.15, -0.1) is 0 Å². The van der Waals surface area contributed by atoms with E-state index in [4.69, 9.17) is 16.2 Å². The van der Waals surface area contributed by atoms with Gasteiger partial charge in [0.25, 0.3) is 5.91 Å². The molecule has 12 heavy (non-hydrogen) atoms. The molecule has 0 saturated heterocycles. The first kappa shape index (κ1) is 8.39. The third-order valence-corrected chi connectivity index (χ3v) is 1.51. The maximum Gasteiger partial charge on any atom is 0.251 e. The van der Waals surface area contributed by atoms with Crippen molar-refractivity contribution in [1.82, 2.24) is 5.73 Å². The first-order valence-electron chi connectivity index (χ1n) is 3.35. The number of carbonyl (C=O) groups excluding carboxylic acids is 1. The maximum absolute atomic E-state index is 10.7. The molecule has 4 nitrogen and oxygen atoms in total. The molecule has 0 aliphatic heterocycles. The van der Waals surface area contributed by atoms with Crippen molar-refractivity contribution in [2.75, 3.05) is 7.11 Å². The minimum absolute atomic E-state index is 0.0347. The van der Waals surface area contributed by atoms with Gasteiger partial charge in [0, 0.05) is 0 Å². The number of benzene rings is 1. The molecular weight excluding hydrogens is 156 g/mol. The van der Waals surface area contributed by atoms with Crippen LogP contribution in [0, 0.1) is 0 Å². The van der Waals surface area contributed by atoms with Gasteiger partial charge >= 0.3 is 0 Å².